The Morgan fingerprint density at radius 3 is 2.58 bits per heavy atom. The summed E-state index contributed by atoms with van der Waals surface area (Å²) in [6.07, 6.45) is 0. The molecule has 0 amide bonds. The van der Waals surface area contributed by atoms with Crippen LogP contribution in [-0.4, -0.2) is 17.5 Å². The lowest BCUT2D eigenvalue weighted by molar-refractivity contribution is 0.262. The summed E-state index contributed by atoms with van der Waals surface area (Å²) >= 11 is 1.65. The molecule has 2 rings (SSSR count). The molecule has 0 unspecified atom stereocenters. The van der Waals surface area contributed by atoms with Crippen LogP contribution in [0.2, 0.25) is 0 Å². The van der Waals surface area contributed by atoms with Gasteiger partial charge in [-0.25, -0.2) is 4.39 Å². The number of halogens is 1. The molecular formula is C15H15FO2S. The van der Waals surface area contributed by atoms with E-state index in [0.29, 0.717) is 12.2 Å². The largest absolute Gasteiger partial charge is 0.489 e. The molecule has 0 bridgehead atoms. The average Bonchev–Trinajstić information content (AvgIpc) is 2.46. The maximum atomic E-state index is 13.5. The van der Waals surface area contributed by atoms with E-state index >= 15 is 0 Å². The number of aliphatic hydroxyl groups excluding tert-OH is 1. The molecule has 0 aliphatic heterocycles. The van der Waals surface area contributed by atoms with Crippen LogP contribution < -0.4 is 4.74 Å². The van der Waals surface area contributed by atoms with Crippen molar-refractivity contribution in [2.75, 3.05) is 12.4 Å². The SMILES string of the molecule is OCc1cccc(F)c1OCCSc1ccccc1. The second-order valence-electron chi connectivity index (χ2n) is 3.90. The van der Waals surface area contributed by atoms with Gasteiger partial charge >= 0.3 is 0 Å². The Morgan fingerprint density at radius 2 is 1.84 bits per heavy atom. The summed E-state index contributed by atoms with van der Waals surface area (Å²) in [5.74, 6) is 0.443. The van der Waals surface area contributed by atoms with Gasteiger partial charge < -0.3 is 9.84 Å². The third-order valence-corrected chi connectivity index (χ3v) is 3.54. The number of hydrogen-bond donors (Lipinski definition) is 1. The summed E-state index contributed by atoms with van der Waals surface area (Å²) < 4.78 is 19.0. The van der Waals surface area contributed by atoms with Gasteiger partial charge in [0.2, 0.25) is 0 Å². The van der Waals surface area contributed by atoms with E-state index in [1.165, 1.54) is 6.07 Å². The van der Waals surface area contributed by atoms with Gasteiger partial charge in [-0.05, 0) is 18.2 Å². The zero-order valence-electron chi connectivity index (χ0n) is 10.4. The quantitative estimate of drug-likeness (QED) is 0.648. The van der Waals surface area contributed by atoms with Gasteiger partial charge in [0, 0.05) is 16.2 Å². The van der Waals surface area contributed by atoms with E-state index in [0.717, 1.165) is 10.6 Å². The molecule has 0 saturated heterocycles. The van der Waals surface area contributed by atoms with Crippen LogP contribution in [0.3, 0.4) is 0 Å². The van der Waals surface area contributed by atoms with Crippen LogP contribution in [0, 0.1) is 5.82 Å². The molecule has 0 aliphatic rings. The molecular weight excluding hydrogens is 263 g/mol. The topological polar surface area (TPSA) is 29.5 Å². The van der Waals surface area contributed by atoms with E-state index in [4.69, 9.17) is 9.84 Å². The second-order valence-corrected chi connectivity index (χ2v) is 5.06. The first-order chi connectivity index (χ1) is 9.31. The molecule has 0 spiro atoms. The molecule has 0 radical (unpaired) electrons. The molecule has 1 N–H and O–H groups in total. The second kappa shape index (κ2) is 7.16. The van der Waals surface area contributed by atoms with Crippen molar-refractivity contribution in [2.24, 2.45) is 0 Å². The van der Waals surface area contributed by atoms with Gasteiger partial charge in [0.1, 0.15) is 0 Å². The molecule has 0 atom stereocenters. The van der Waals surface area contributed by atoms with E-state index in [1.54, 1.807) is 23.9 Å². The number of benzene rings is 2. The lowest BCUT2D eigenvalue weighted by atomic mass is 10.2. The van der Waals surface area contributed by atoms with Gasteiger partial charge in [0.25, 0.3) is 0 Å². The summed E-state index contributed by atoms with van der Waals surface area (Å²) in [5, 5.41) is 9.13. The van der Waals surface area contributed by atoms with Crippen LogP contribution in [0.4, 0.5) is 4.39 Å². The molecule has 0 aromatic heterocycles. The van der Waals surface area contributed by atoms with Gasteiger partial charge in [-0.1, -0.05) is 30.3 Å². The van der Waals surface area contributed by atoms with Crippen molar-refractivity contribution in [1.82, 2.24) is 0 Å². The fourth-order valence-electron chi connectivity index (χ4n) is 1.66. The third kappa shape index (κ3) is 3.98. The third-order valence-electron chi connectivity index (χ3n) is 2.56. The van der Waals surface area contributed by atoms with Crippen LogP contribution in [0.5, 0.6) is 5.75 Å². The zero-order chi connectivity index (χ0) is 13.5. The molecule has 0 aliphatic carbocycles. The van der Waals surface area contributed by atoms with Crippen molar-refractivity contribution in [3.8, 4) is 5.75 Å². The number of thioether (sulfide) groups is 1. The lowest BCUT2D eigenvalue weighted by Crippen LogP contribution is -2.04. The van der Waals surface area contributed by atoms with Gasteiger partial charge in [-0.2, -0.15) is 0 Å². The molecule has 2 aromatic carbocycles. The molecule has 19 heavy (non-hydrogen) atoms. The van der Waals surface area contributed by atoms with E-state index in [2.05, 4.69) is 0 Å². The monoisotopic (exact) mass is 278 g/mol. The number of rotatable bonds is 6. The number of para-hydroxylation sites is 1. The summed E-state index contributed by atoms with van der Waals surface area (Å²) in [6.45, 7) is 0.173. The molecule has 4 heteroatoms. The molecule has 2 nitrogen and oxygen atoms in total. The highest BCUT2D eigenvalue weighted by molar-refractivity contribution is 7.99. The molecule has 0 saturated carbocycles. The van der Waals surface area contributed by atoms with Crippen molar-refractivity contribution in [3.63, 3.8) is 0 Å². The molecule has 100 valence electrons. The van der Waals surface area contributed by atoms with Crippen molar-refractivity contribution in [2.45, 2.75) is 11.5 Å². The Kier molecular flexibility index (Phi) is 5.24. The smallest absolute Gasteiger partial charge is 0.165 e. The van der Waals surface area contributed by atoms with Gasteiger partial charge in [-0.15, -0.1) is 11.8 Å². The maximum absolute atomic E-state index is 13.5. The van der Waals surface area contributed by atoms with Crippen molar-refractivity contribution in [3.05, 3.63) is 59.9 Å². The summed E-state index contributed by atoms with van der Waals surface area (Å²) in [4.78, 5) is 1.15. The fourth-order valence-corrected chi connectivity index (χ4v) is 2.41. The standard InChI is InChI=1S/C15H15FO2S/c16-14-8-4-5-12(11-17)15(14)18-9-10-19-13-6-2-1-3-7-13/h1-8,17H,9-11H2. The summed E-state index contributed by atoms with van der Waals surface area (Å²) in [7, 11) is 0. The average molecular weight is 278 g/mol. The lowest BCUT2D eigenvalue weighted by Gasteiger charge is -2.10. The predicted molar refractivity (Wildman–Crippen MR) is 75.0 cm³/mol. The Hall–Kier alpha value is -1.52. The molecule has 2 aromatic rings. The number of aliphatic hydroxyl groups is 1. The van der Waals surface area contributed by atoms with Crippen molar-refractivity contribution >= 4 is 11.8 Å². The summed E-state index contributed by atoms with van der Waals surface area (Å²) in [6, 6.07) is 14.5. The minimum absolute atomic E-state index is 0.152. The number of hydrogen-bond acceptors (Lipinski definition) is 3. The maximum Gasteiger partial charge on any atom is 0.165 e. The molecule has 0 fully saturated rings. The van der Waals surface area contributed by atoms with Crippen LogP contribution in [0.25, 0.3) is 0 Å². The van der Waals surface area contributed by atoms with Crippen molar-refractivity contribution in [1.29, 1.82) is 0 Å². The Morgan fingerprint density at radius 1 is 1.05 bits per heavy atom. The Labute approximate surface area is 116 Å². The van der Waals surface area contributed by atoms with Crippen LogP contribution in [0.15, 0.2) is 53.4 Å². The minimum Gasteiger partial charge on any atom is -0.489 e. The predicted octanol–water partition coefficient (Wildman–Crippen LogP) is 3.49. The zero-order valence-corrected chi connectivity index (χ0v) is 11.2. The van der Waals surface area contributed by atoms with Crippen LogP contribution >= 0.6 is 11.8 Å². The van der Waals surface area contributed by atoms with Crippen LogP contribution in [-0.2, 0) is 6.61 Å². The highest BCUT2D eigenvalue weighted by Gasteiger charge is 2.08. The van der Waals surface area contributed by atoms with Crippen molar-refractivity contribution < 1.29 is 14.2 Å². The van der Waals surface area contributed by atoms with E-state index in [9.17, 15) is 4.39 Å². The van der Waals surface area contributed by atoms with E-state index in [1.807, 2.05) is 30.3 Å². The highest BCUT2D eigenvalue weighted by Crippen LogP contribution is 2.23. The Bertz CT molecular complexity index is 517. The first kappa shape index (κ1) is 13.9. The summed E-state index contributed by atoms with van der Waals surface area (Å²) in [5.41, 5.74) is 0.477. The van der Waals surface area contributed by atoms with E-state index < -0.39 is 5.82 Å². The highest BCUT2D eigenvalue weighted by atomic mass is 32.2. The normalized spacial score (nSPS) is 10.4. The number of ether oxygens (including phenoxy) is 1. The fraction of sp³-hybridized carbons (Fsp3) is 0.200. The van der Waals surface area contributed by atoms with Gasteiger partial charge in [-0.3, -0.25) is 0 Å². The van der Waals surface area contributed by atoms with Crippen LogP contribution in [0.1, 0.15) is 5.56 Å². The molecule has 0 heterocycles. The van der Waals surface area contributed by atoms with E-state index in [-0.39, 0.29) is 12.4 Å². The minimum atomic E-state index is -0.434. The van der Waals surface area contributed by atoms with Gasteiger partial charge in [0.05, 0.1) is 13.2 Å². The van der Waals surface area contributed by atoms with Gasteiger partial charge in [0.15, 0.2) is 11.6 Å². The first-order valence-electron chi connectivity index (χ1n) is 6.00. The first-order valence-corrected chi connectivity index (χ1v) is 6.98. The Balaban J connectivity index is 1.86.